The number of hydrogen-bond acceptors (Lipinski definition) is 4. The highest BCUT2D eigenvalue weighted by Crippen LogP contribution is 2.30. The first-order valence-corrected chi connectivity index (χ1v) is 8.75. The molecule has 1 rings (SSSR count). The molecule has 0 saturated heterocycles. The van der Waals surface area contributed by atoms with Crippen molar-refractivity contribution in [3.8, 4) is 11.5 Å². The summed E-state index contributed by atoms with van der Waals surface area (Å²) >= 11 is 0. The number of nitrogens with two attached hydrogens (primary N) is 1. The highest BCUT2D eigenvalue weighted by Gasteiger charge is 2.17. The molecule has 2 unspecified atom stereocenters. The Kier molecular flexibility index (Phi) is 8.61. The van der Waals surface area contributed by atoms with Crippen molar-refractivity contribution in [1.82, 2.24) is 5.32 Å². The van der Waals surface area contributed by atoms with Crippen molar-refractivity contribution in [1.29, 1.82) is 0 Å². The van der Waals surface area contributed by atoms with Crippen LogP contribution in [0.1, 0.15) is 58.6 Å². The maximum atomic E-state index is 12.1. The van der Waals surface area contributed by atoms with Gasteiger partial charge in [0.25, 0.3) is 0 Å². The van der Waals surface area contributed by atoms with Crippen molar-refractivity contribution < 1.29 is 14.3 Å². The van der Waals surface area contributed by atoms with E-state index in [0.717, 1.165) is 24.2 Å². The summed E-state index contributed by atoms with van der Waals surface area (Å²) in [6.07, 6.45) is 2.57. The average molecular weight is 336 g/mol. The molecule has 0 aromatic heterocycles. The fourth-order valence-electron chi connectivity index (χ4n) is 2.32. The predicted molar refractivity (Wildman–Crippen MR) is 97.4 cm³/mol. The average Bonchev–Trinajstić information content (AvgIpc) is 2.54. The molecule has 0 aliphatic rings. The van der Waals surface area contributed by atoms with Gasteiger partial charge in [-0.1, -0.05) is 33.3 Å². The number of methoxy groups -OCH3 is 1. The molecule has 0 aliphatic carbocycles. The van der Waals surface area contributed by atoms with Crippen LogP contribution in [0, 0.1) is 5.92 Å². The zero-order chi connectivity index (χ0) is 18.1. The van der Waals surface area contributed by atoms with E-state index < -0.39 is 6.04 Å². The topological polar surface area (TPSA) is 73.6 Å². The summed E-state index contributed by atoms with van der Waals surface area (Å²) in [6.45, 7) is 8.93. The SMILES string of the molecule is CCCC(N)C(=O)NC(C)c1ccc(OCCC(C)C)c(OC)c1. The maximum Gasteiger partial charge on any atom is 0.237 e. The van der Waals surface area contributed by atoms with Crippen molar-refractivity contribution >= 4 is 5.91 Å². The van der Waals surface area contributed by atoms with Crippen LogP contribution in [0.3, 0.4) is 0 Å². The lowest BCUT2D eigenvalue weighted by molar-refractivity contribution is -0.123. The number of carbonyl (C=O) groups excluding carboxylic acids is 1. The lowest BCUT2D eigenvalue weighted by atomic mass is 10.1. The Morgan fingerprint density at radius 1 is 1.21 bits per heavy atom. The summed E-state index contributed by atoms with van der Waals surface area (Å²) in [7, 11) is 1.62. The molecule has 0 saturated carbocycles. The minimum Gasteiger partial charge on any atom is -0.493 e. The van der Waals surface area contributed by atoms with Gasteiger partial charge in [0.2, 0.25) is 5.91 Å². The standard InChI is InChI=1S/C19H32N2O3/c1-6-7-16(20)19(22)21-14(4)15-8-9-17(18(12-15)23-5)24-11-10-13(2)3/h8-9,12-14,16H,6-7,10-11,20H2,1-5H3,(H,21,22). The van der Waals surface area contributed by atoms with Crippen LogP contribution in [0.15, 0.2) is 18.2 Å². The second-order valence-corrected chi connectivity index (χ2v) is 6.57. The third kappa shape index (κ3) is 6.40. The second-order valence-electron chi connectivity index (χ2n) is 6.57. The van der Waals surface area contributed by atoms with Crippen molar-refractivity contribution in [2.24, 2.45) is 11.7 Å². The Morgan fingerprint density at radius 3 is 2.50 bits per heavy atom. The van der Waals surface area contributed by atoms with Crippen molar-refractivity contribution in [3.05, 3.63) is 23.8 Å². The van der Waals surface area contributed by atoms with Gasteiger partial charge in [0, 0.05) is 0 Å². The highest BCUT2D eigenvalue weighted by molar-refractivity contribution is 5.81. The van der Waals surface area contributed by atoms with Crippen LogP contribution in [0.2, 0.25) is 0 Å². The first-order chi connectivity index (χ1) is 11.4. The number of rotatable bonds is 10. The van der Waals surface area contributed by atoms with Crippen LogP contribution >= 0.6 is 0 Å². The molecule has 0 bridgehead atoms. The number of ether oxygens (including phenoxy) is 2. The van der Waals surface area contributed by atoms with Crippen molar-refractivity contribution in [3.63, 3.8) is 0 Å². The maximum absolute atomic E-state index is 12.1. The normalized spacial score (nSPS) is 13.5. The van der Waals surface area contributed by atoms with Gasteiger partial charge in [-0.25, -0.2) is 0 Å². The number of carbonyl (C=O) groups is 1. The monoisotopic (exact) mass is 336 g/mol. The lowest BCUT2D eigenvalue weighted by Gasteiger charge is -2.19. The van der Waals surface area contributed by atoms with Crippen LogP contribution < -0.4 is 20.5 Å². The van der Waals surface area contributed by atoms with Gasteiger partial charge in [0.1, 0.15) is 0 Å². The fourth-order valence-corrected chi connectivity index (χ4v) is 2.32. The molecule has 1 aromatic carbocycles. The van der Waals surface area contributed by atoms with E-state index >= 15 is 0 Å². The van der Waals surface area contributed by atoms with Crippen LogP contribution in [-0.2, 0) is 4.79 Å². The number of hydrogen-bond donors (Lipinski definition) is 2. The Morgan fingerprint density at radius 2 is 1.92 bits per heavy atom. The van der Waals surface area contributed by atoms with Gasteiger partial charge in [-0.2, -0.15) is 0 Å². The van der Waals surface area contributed by atoms with Crippen LogP contribution in [0.4, 0.5) is 0 Å². The molecule has 0 aliphatic heterocycles. The summed E-state index contributed by atoms with van der Waals surface area (Å²) in [5, 5.41) is 2.95. The van der Waals surface area contributed by atoms with Crippen molar-refractivity contribution in [2.75, 3.05) is 13.7 Å². The third-order valence-corrected chi connectivity index (χ3v) is 3.94. The molecule has 1 aromatic rings. The van der Waals surface area contributed by atoms with E-state index in [1.54, 1.807) is 7.11 Å². The molecular formula is C19H32N2O3. The number of benzene rings is 1. The quantitative estimate of drug-likeness (QED) is 0.686. The van der Waals surface area contributed by atoms with Gasteiger partial charge in [-0.3, -0.25) is 4.79 Å². The molecule has 2 atom stereocenters. The highest BCUT2D eigenvalue weighted by atomic mass is 16.5. The van der Waals surface area contributed by atoms with E-state index in [4.69, 9.17) is 15.2 Å². The zero-order valence-corrected chi connectivity index (χ0v) is 15.6. The Bertz CT molecular complexity index is 517. The molecular weight excluding hydrogens is 304 g/mol. The molecule has 0 spiro atoms. The van der Waals surface area contributed by atoms with Gasteiger partial charge in [0.15, 0.2) is 11.5 Å². The number of nitrogens with one attached hydrogen (secondary N) is 1. The molecule has 136 valence electrons. The minimum absolute atomic E-state index is 0.124. The van der Waals surface area contributed by atoms with E-state index in [9.17, 15) is 4.79 Å². The molecule has 0 radical (unpaired) electrons. The van der Waals surface area contributed by atoms with Gasteiger partial charge >= 0.3 is 0 Å². The summed E-state index contributed by atoms with van der Waals surface area (Å²) < 4.78 is 11.2. The second kappa shape index (κ2) is 10.2. The molecule has 0 heterocycles. The van der Waals surface area contributed by atoms with Gasteiger partial charge in [-0.05, 0) is 43.4 Å². The third-order valence-electron chi connectivity index (χ3n) is 3.94. The predicted octanol–water partition coefficient (Wildman–Crippen LogP) is 3.42. The Hall–Kier alpha value is -1.75. The first kappa shape index (κ1) is 20.3. The van der Waals surface area contributed by atoms with E-state index in [-0.39, 0.29) is 11.9 Å². The summed E-state index contributed by atoms with van der Waals surface area (Å²) in [5.74, 6) is 1.87. The molecule has 24 heavy (non-hydrogen) atoms. The summed E-state index contributed by atoms with van der Waals surface area (Å²) in [6, 6.07) is 5.14. The number of amides is 1. The molecule has 0 fully saturated rings. The van der Waals surface area contributed by atoms with E-state index in [0.29, 0.717) is 24.7 Å². The minimum atomic E-state index is -0.460. The van der Waals surface area contributed by atoms with Gasteiger partial charge in [-0.15, -0.1) is 0 Å². The van der Waals surface area contributed by atoms with E-state index in [1.165, 1.54) is 0 Å². The summed E-state index contributed by atoms with van der Waals surface area (Å²) in [5.41, 5.74) is 6.82. The van der Waals surface area contributed by atoms with Crippen LogP contribution in [0.25, 0.3) is 0 Å². The van der Waals surface area contributed by atoms with Crippen LogP contribution in [0.5, 0.6) is 11.5 Å². The van der Waals surface area contributed by atoms with E-state index in [2.05, 4.69) is 19.2 Å². The summed E-state index contributed by atoms with van der Waals surface area (Å²) in [4.78, 5) is 12.1. The molecule has 5 nitrogen and oxygen atoms in total. The Labute approximate surface area is 145 Å². The van der Waals surface area contributed by atoms with Gasteiger partial charge in [0.05, 0.1) is 25.8 Å². The fraction of sp³-hybridized carbons (Fsp3) is 0.632. The molecule has 3 N–H and O–H groups in total. The largest absolute Gasteiger partial charge is 0.493 e. The van der Waals surface area contributed by atoms with Crippen molar-refractivity contribution in [2.45, 2.75) is 59.0 Å². The van der Waals surface area contributed by atoms with Crippen LogP contribution in [-0.4, -0.2) is 25.7 Å². The molecule has 5 heteroatoms. The molecule has 1 amide bonds. The zero-order valence-electron chi connectivity index (χ0n) is 15.6. The van der Waals surface area contributed by atoms with Gasteiger partial charge < -0.3 is 20.5 Å². The first-order valence-electron chi connectivity index (χ1n) is 8.75. The smallest absolute Gasteiger partial charge is 0.237 e. The van der Waals surface area contributed by atoms with E-state index in [1.807, 2.05) is 32.0 Å². The lowest BCUT2D eigenvalue weighted by Crippen LogP contribution is -2.41. The Balaban J connectivity index is 2.73.